The number of aryl methyl sites for hydroxylation is 2. The van der Waals surface area contributed by atoms with Gasteiger partial charge in [0.1, 0.15) is 0 Å². The van der Waals surface area contributed by atoms with E-state index in [0.717, 1.165) is 19.0 Å². The fourth-order valence-corrected chi connectivity index (χ4v) is 2.88. The van der Waals surface area contributed by atoms with Gasteiger partial charge in [0.25, 0.3) is 0 Å². The number of piperidine rings is 1. The molecule has 1 saturated heterocycles. The fraction of sp³-hybridized carbons (Fsp3) is 0.667. The van der Waals surface area contributed by atoms with Gasteiger partial charge in [-0.05, 0) is 68.8 Å². The van der Waals surface area contributed by atoms with Crippen LogP contribution in [0.1, 0.15) is 44.2 Å². The molecule has 2 heteroatoms. The number of rotatable bonds is 5. The Labute approximate surface area is 124 Å². The molecule has 1 heterocycles. The summed E-state index contributed by atoms with van der Waals surface area (Å²) in [7, 11) is 0. The highest BCUT2D eigenvalue weighted by molar-refractivity contribution is 5.51. The predicted molar refractivity (Wildman–Crippen MR) is 88.6 cm³/mol. The molecule has 1 aliphatic heterocycles. The summed E-state index contributed by atoms with van der Waals surface area (Å²) in [4.78, 5) is 2.54. The Kier molecular flexibility index (Phi) is 5.47. The first-order valence-electron chi connectivity index (χ1n) is 8.12. The van der Waals surface area contributed by atoms with Crippen molar-refractivity contribution in [2.75, 3.05) is 24.5 Å². The van der Waals surface area contributed by atoms with Crippen LogP contribution >= 0.6 is 0 Å². The monoisotopic (exact) mass is 274 g/mol. The largest absolute Gasteiger partial charge is 0.370 e. The molecule has 112 valence electrons. The molecule has 1 N–H and O–H groups in total. The third-order valence-electron chi connectivity index (χ3n) is 4.43. The Bertz CT molecular complexity index is 425. The van der Waals surface area contributed by atoms with Crippen LogP contribution in [-0.4, -0.2) is 25.7 Å². The molecule has 1 aromatic rings. The van der Waals surface area contributed by atoms with Crippen LogP contribution in [0.15, 0.2) is 18.2 Å². The van der Waals surface area contributed by atoms with Gasteiger partial charge >= 0.3 is 0 Å². The van der Waals surface area contributed by atoms with Crippen molar-refractivity contribution in [3.8, 4) is 0 Å². The average Bonchev–Trinajstić information content (AvgIpc) is 2.42. The molecule has 2 rings (SSSR count). The summed E-state index contributed by atoms with van der Waals surface area (Å²) in [6.45, 7) is 12.5. The second-order valence-corrected chi connectivity index (χ2v) is 6.69. The van der Waals surface area contributed by atoms with Gasteiger partial charge in [0.2, 0.25) is 0 Å². The summed E-state index contributed by atoms with van der Waals surface area (Å²) in [6, 6.07) is 7.52. The highest BCUT2D eigenvalue weighted by atomic mass is 15.2. The second kappa shape index (κ2) is 7.12. The lowest BCUT2D eigenvalue weighted by Crippen LogP contribution is -2.46. The molecular formula is C18H30N2. The smallest absolute Gasteiger partial charge is 0.0369 e. The molecule has 2 nitrogen and oxygen atoms in total. The van der Waals surface area contributed by atoms with Gasteiger partial charge in [-0.15, -0.1) is 0 Å². The molecule has 1 aliphatic rings. The molecule has 0 saturated carbocycles. The van der Waals surface area contributed by atoms with E-state index in [9.17, 15) is 0 Å². The maximum absolute atomic E-state index is 3.74. The minimum atomic E-state index is 0.657. The molecule has 1 unspecified atom stereocenters. The number of nitrogens with zero attached hydrogens (tertiary/aromatic N) is 1. The van der Waals surface area contributed by atoms with Crippen molar-refractivity contribution < 1.29 is 0 Å². The van der Waals surface area contributed by atoms with Crippen molar-refractivity contribution in [3.05, 3.63) is 29.3 Å². The highest BCUT2D eigenvalue weighted by Crippen LogP contribution is 2.22. The minimum Gasteiger partial charge on any atom is -0.370 e. The van der Waals surface area contributed by atoms with Crippen LogP contribution < -0.4 is 10.2 Å². The van der Waals surface area contributed by atoms with E-state index in [1.807, 2.05) is 0 Å². The van der Waals surface area contributed by atoms with Gasteiger partial charge < -0.3 is 10.2 Å². The van der Waals surface area contributed by atoms with Gasteiger partial charge in [-0.3, -0.25) is 0 Å². The third-order valence-corrected chi connectivity index (χ3v) is 4.43. The van der Waals surface area contributed by atoms with Crippen molar-refractivity contribution in [2.24, 2.45) is 5.92 Å². The molecular weight excluding hydrogens is 244 g/mol. The van der Waals surface area contributed by atoms with E-state index in [1.54, 1.807) is 0 Å². The van der Waals surface area contributed by atoms with E-state index in [4.69, 9.17) is 0 Å². The van der Waals surface area contributed by atoms with E-state index >= 15 is 0 Å². The van der Waals surface area contributed by atoms with E-state index in [0.29, 0.717) is 6.04 Å². The van der Waals surface area contributed by atoms with Crippen LogP contribution in [0, 0.1) is 19.8 Å². The SMILES string of the molecule is Cc1ccc(N2CCCC(NCCC(C)C)C2)cc1C. The minimum absolute atomic E-state index is 0.657. The van der Waals surface area contributed by atoms with Gasteiger partial charge in [-0.2, -0.15) is 0 Å². The van der Waals surface area contributed by atoms with Gasteiger partial charge in [-0.25, -0.2) is 0 Å². The lowest BCUT2D eigenvalue weighted by molar-refractivity contribution is 0.406. The molecule has 0 bridgehead atoms. The summed E-state index contributed by atoms with van der Waals surface area (Å²) < 4.78 is 0. The molecule has 0 spiro atoms. The Balaban J connectivity index is 1.90. The van der Waals surface area contributed by atoms with E-state index in [1.165, 1.54) is 42.6 Å². The van der Waals surface area contributed by atoms with Crippen molar-refractivity contribution >= 4 is 5.69 Å². The first-order chi connectivity index (χ1) is 9.56. The van der Waals surface area contributed by atoms with Crippen LogP contribution in [0.5, 0.6) is 0 Å². The summed E-state index contributed by atoms with van der Waals surface area (Å²) in [6.07, 6.45) is 3.89. The van der Waals surface area contributed by atoms with Crippen molar-refractivity contribution in [2.45, 2.75) is 53.0 Å². The number of hydrogen-bond acceptors (Lipinski definition) is 2. The van der Waals surface area contributed by atoms with E-state index in [-0.39, 0.29) is 0 Å². The topological polar surface area (TPSA) is 15.3 Å². The summed E-state index contributed by atoms with van der Waals surface area (Å²) in [5.41, 5.74) is 4.18. The highest BCUT2D eigenvalue weighted by Gasteiger charge is 2.19. The molecule has 1 fully saturated rings. The number of anilines is 1. The molecule has 1 atom stereocenters. The Morgan fingerprint density at radius 2 is 2.05 bits per heavy atom. The van der Waals surface area contributed by atoms with Crippen LogP contribution in [-0.2, 0) is 0 Å². The first-order valence-corrected chi connectivity index (χ1v) is 8.12. The van der Waals surface area contributed by atoms with Crippen molar-refractivity contribution in [1.82, 2.24) is 5.32 Å². The summed E-state index contributed by atoms with van der Waals surface area (Å²) >= 11 is 0. The molecule has 0 aromatic heterocycles. The summed E-state index contributed by atoms with van der Waals surface area (Å²) in [5, 5.41) is 3.74. The zero-order chi connectivity index (χ0) is 14.5. The first kappa shape index (κ1) is 15.4. The molecule has 0 aliphatic carbocycles. The number of hydrogen-bond donors (Lipinski definition) is 1. The van der Waals surface area contributed by atoms with Gasteiger partial charge in [0.05, 0.1) is 0 Å². The average molecular weight is 274 g/mol. The maximum Gasteiger partial charge on any atom is 0.0369 e. The van der Waals surface area contributed by atoms with Gasteiger partial charge in [0.15, 0.2) is 0 Å². The Morgan fingerprint density at radius 3 is 2.75 bits per heavy atom. The van der Waals surface area contributed by atoms with Crippen molar-refractivity contribution in [3.63, 3.8) is 0 Å². The Morgan fingerprint density at radius 1 is 1.25 bits per heavy atom. The predicted octanol–water partition coefficient (Wildman–Crippen LogP) is 3.91. The molecule has 0 radical (unpaired) electrons. The maximum atomic E-state index is 3.74. The lowest BCUT2D eigenvalue weighted by atomic mass is 10.0. The fourth-order valence-electron chi connectivity index (χ4n) is 2.88. The third kappa shape index (κ3) is 4.24. The van der Waals surface area contributed by atoms with Crippen LogP contribution in [0.4, 0.5) is 5.69 Å². The normalized spacial score (nSPS) is 19.6. The van der Waals surface area contributed by atoms with Crippen LogP contribution in [0.3, 0.4) is 0 Å². The lowest BCUT2D eigenvalue weighted by Gasteiger charge is -2.35. The second-order valence-electron chi connectivity index (χ2n) is 6.69. The van der Waals surface area contributed by atoms with Gasteiger partial charge in [-0.1, -0.05) is 19.9 Å². The molecule has 1 aromatic carbocycles. The summed E-state index contributed by atoms with van der Waals surface area (Å²) in [5.74, 6) is 0.793. The zero-order valence-electron chi connectivity index (χ0n) is 13.6. The number of nitrogens with one attached hydrogen (secondary N) is 1. The van der Waals surface area contributed by atoms with Crippen molar-refractivity contribution in [1.29, 1.82) is 0 Å². The van der Waals surface area contributed by atoms with E-state index < -0.39 is 0 Å². The van der Waals surface area contributed by atoms with Gasteiger partial charge in [0, 0.05) is 24.8 Å². The Hall–Kier alpha value is -1.02. The standard InChI is InChI=1S/C18H30N2/c1-14(2)9-10-19-17-6-5-11-20(13-17)18-8-7-15(3)16(4)12-18/h7-8,12,14,17,19H,5-6,9-11,13H2,1-4H3. The molecule has 20 heavy (non-hydrogen) atoms. The zero-order valence-corrected chi connectivity index (χ0v) is 13.6. The number of benzene rings is 1. The molecule has 0 amide bonds. The quantitative estimate of drug-likeness (QED) is 0.876. The van der Waals surface area contributed by atoms with E-state index in [2.05, 4.69) is 56.1 Å². The van der Waals surface area contributed by atoms with Crippen LogP contribution in [0.2, 0.25) is 0 Å². The van der Waals surface area contributed by atoms with Crippen LogP contribution in [0.25, 0.3) is 0 Å².